The number of rotatable bonds is 8. The Morgan fingerprint density at radius 2 is 1.94 bits per heavy atom. The monoisotopic (exact) mass is 529 g/mol. The van der Waals surface area contributed by atoms with Crippen LogP contribution in [0.1, 0.15) is 49.4 Å². The van der Waals surface area contributed by atoms with Gasteiger partial charge >= 0.3 is 6.18 Å². The summed E-state index contributed by atoms with van der Waals surface area (Å²) in [6.45, 7) is 4.91. The van der Waals surface area contributed by atoms with Crippen LogP contribution in [-0.2, 0) is 27.5 Å². The van der Waals surface area contributed by atoms with Gasteiger partial charge in [-0.25, -0.2) is 18.4 Å². The molecule has 0 radical (unpaired) electrons. The van der Waals surface area contributed by atoms with E-state index in [0.717, 1.165) is 25.2 Å². The van der Waals surface area contributed by atoms with Crippen LogP contribution in [0.5, 0.6) is 5.75 Å². The number of hydrogen-bond acceptors (Lipinski definition) is 7. The van der Waals surface area contributed by atoms with Crippen LogP contribution in [0, 0.1) is 5.92 Å². The summed E-state index contributed by atoms with van der Waals surface area (Å²) in [4.78, 5) is 22.7. The predicted octanol–water partition coefficient (Wildman–Crippen LogP) is 3.53. The second-order valence-electron chi connectivity index (χ2n) is 8.98. The molecule has 36 heavy (non-hydrogen) atoms. The van der Waals surface area contributed by atoms with Gasteiger partial charge in [0.15, 0.2) is 11.6 Å². The van der Waals surface area contributed by atoms with Crippen LogP contribution in [0.15, 0.2) is 24.4 Å². The van der Waals surface area contributed by atoms with Gasteiger partial charge in [-0.1, -0.05) is 13.0 Å². The molecule has 2 aromatic heterocycles. The van der Waals surface area contributed by atoms with Crippen LogP contribution in [0.4, 0.5) is 24.8 Å². The number of ether oxygens (including phenoxy) is 1. The number of amides is 1. The number of carbonyl (C=O) groups excluding carboxylic acids is 1. The third-order valence-electron chi connectivity index (χ3n) is 6.05. The average molecular weight is 530 g/mol. The van der Waals surface area contributed by atoms with Crippen molar-refractivity contribution in [3.05, 3.63) is 41.2 Å². The zero-order valence-electron chi connectivity index (χ0n) is 20.5. The summed E-state index contributed by atoms with van der Waals surface area (Å²) in [6.07, 6.45) is -0.537. The van der Waals surface area contributed by atoms with Crippen LogP contribution in [0.25, 0.3) is 0 Å². The number of anilines is 2. The van der Waals surface area contributed by atoms with Gasteiger partial charge in [-0.2, -0.15) is 13.2 Å². The van der Waals surface area contributed by atoms with Gasteiger partial charge in [0.05, 0.1) is 19.3 Å². The molecule has 0 aromatic carbocycles. The summed E-state index contributed by atoms with van der Waals surface area (Å²) in [5, 5.41) is 2.77. The highest BCUT2D eigenvalue weighted by molar-refractivity contribution is 7.92. The fourth-order valence-corrected chi connectivity index (χ4v) is 4.36. The van der Waals surface area contributed by atoms with Crippen LogP contribution in [0.3, 0.4) is 0 Å². The number of hydrogen-bond donors (Lipinski definition) is 2. The minimum atomic E-state index is -4.57. The van der Waals surface area contributed by atoms with Gasteiger partial charge in [-0.3, -0.25) is 9.52 Å². The van der Waals surface area contributed by atoms with E-state index < -0.39 is 27.8 Å². The van der Waals surface area contributed by atoms with Crippen molar-refractivity contribution >= 4 is 27.6 Å². The van der Waals surface area contributed by atoms with Crippen molar-refractivity contribution in [2.45, 2.75) is 45.3 Å². The summed E-state index contributed by atoms with van der Waals surface area (Å²) in [6, 6.07) is 3.78. The molecule has 13 heteroatoms. The van der Waals surface area contributed by atoms with Crippen molar-refractivity contribution in [3.8, 4) is 5.75 Å². The Labute approximate surface area is 208 Å². The van der Waals surface area contributed by atoms with E-state index in [0.29, 0.717) is 30.1 Å². The normalized spacial score (nSPS) is 15.9. The zero-order valence-corrected chi connectivity index (χ0v) is 21.3. The maximum absolute atomic E-state index is 13.3. The van der Waals surface area contributed by atoms with Gasteiger partial charge in [0.2, 0.25) is 15.9 Å². The zero-order chi connectivity index (χ0) is 26.7. The number of alkyl halides is 3. The van der Waals surface area contributed by atoms with Gasteiger partial charge in [0.25, 0.3) is 0 Å². The fraction of sp³-hybridized carbons (Fsp3) is 0.522. The Balaban J connectivity index is 1.77. The Morgan fingerprint density at radius 1 is 1.28 bits per heavy atom. The predicted molar refractivity (Wildman–Crippen MR) is 129 cm³/mol. The number of sulfonamides is 1. The van der Waals surface area contributed by atoms with Gasteiger partial charge < -0.3 is 15.0 Å². The van der Waals surface area contributed by atoms with Crippen LogP contribution < -0.4 is 19.7 Å². The van der Waals surface area contributed by atoms with E-state index in [-0.39, 0.29) is 29.8 Å². The molecule has 1 aliphatic heterocycles. The molecule has 1 unspecified atom stereocenters. The van der Waals surface area contributed by atoms with Crippen LogP contribution in [0.2, 0.25) is 0 Å². The van der Waals surface area contributed by atoms with E-state index in [2.05, 4.69) is 26.9 Å². The molecule has 1 fully saturated rings. The smallest absolute Gasteiger partial charge is 0.433 e. The summed E-state index contributed by atoms with van der Waals surface area (Å²) >= 11 is 0. The molecule has 9 nitrogen and oxygen atoms in total. The number of nitrogens with one attached hydrogen (secondary N) is 2. The fourth-order valence-electron chi connectivity index (χ4n) is 3.86. The standard InChI is InChI=1S/C23H30F3N5O4S/c1-14-7-9-31(10-8-14)21-16(5-6-19(29-21)23(24,25)26)12-28-22(32)15(2)17-11-18(35-3)20(27-13-17)30-36(4,33)34/h5-6,11,13-15H,7-10,12H2,1-4H3,(H,27,30)(H,28,32). The molecule has 0 bridgehead atoms. The summed E-state index contributed by atoms with van der Waals surface area (Å²) < 4.78 is 70.4. The number of methoxy groups -OCH3 is 1. The maximum atomic E-state index is 13.3. The lowest BCUT2D eigenvalue weighted by Crippen LogP contribution is -2.35. The van der Waals surface area contributed by atoms with E-state index >= 15 is 0 Å². The number of halogens is 3. The molecule has 1 saturated heterocycles. The third-order valence-corrected chi connectivity index (χ3v) is 6.62. The summed E-state index contributed by atoms with van der Waals surface area (Å²) in [7, 11) is -2.23. The lowest BCUT2D eigenvalue weighted by molar-refractivity contribution is -0.141. The molecule has 198 valence electrons. The molecule has 1 atom stereocenters. The largest absolute Gasteiger partial charge is 0.493 e. The number of aromatic nitrogens is 2. The molecule has 1 amide bonds. The van der Waals surface area contributed by atoms with Crippen LogP contribution in [-0.4, -0.2) is 50.7 Å². The van der Waals surface area contributed by atoms with Gasteiger partial charge in [0.1, 0.15) is 11.5 Å². The first kappa shape index (κ1) is 27.5. The summed E-state index contributed by atoms with van der Waals surface area (Å²) in [5.74, 6) is -0.232. The van der Waals surface area contributed by atoms with Gasteiger partial charge in [-0.05, 0) is 43.4 Å². The van der Waals surface area contributed by atoms with Crippen molar-refractivity contribution in [1.82, 2.24) is 15.3 Å². The van der Waals surface area contributed by atoms with E-state index in [1.54, 1.807) is 6.92 Å². The van der Waals surface area contributed by atoms with Crippen molar-refractivity contribution in [2.75, 3.05) is 36.1 Å². The molecule has 3 heterocycles. The molecule has 2 N–H and O–H groups in total. The lowest BCUT2D eigenvalue weighted by atomic mass is 9.99. The van der Waals surface area contributed by atoms with E-state index in [4.69, 9.17) is 4.74 Å². The summed E-state index contributed by atoms with van der Waals surface area (Å²) in [5.41, 5.74) is -0.0128. The van der Waals surface area contributed by atoms with E-state index in [1.807, 2.05) is 4.90 Å². The first-order valence-electron chi connectivity index (χ1n) is 11.4. The molecule has 1 aliphatic rings. The Morgan fingerprint density at radius 3 is 2.53 bits per heavy atom. The van der Waals surface area contributed by atoms with Crippen molar-refractivity contribution in [1.29, 1.82) is 0 Å². The first-order valence-corrected chi connectivity index (χ1v) is 13.3. The molecular formula is C23H30F3N5O4S. The number of carbonyl (C=O) groups is 1. The van der Waals surface area contributed by atoms with E-state index in [9.17, 15) is 26.4 Å². The number of piperidine rings is 1. The molecule has 2 aromatic rings. The van der Waals surface area contributed by atoms with Crippen molar-refractivity contribution in [2.24, 2.45) is 5.92 Å². The average Bonchev–Trinajstić information content (AvgIpc) is 2.81. The second kappa shape index (κ2) is 10.9. The molecular weight excluding hydrogens is 499 g/mol. The molecule has 0 spiro atoms. The SMILES string of the molecule is COc1cc(C(C)C(=O)NCc2ccc(C(F)(F)F)nc2N2CCC(C)CC2)cnc1NS(C)(=O)=O. The Kier molecular flexibility index (Phi) is 8.32. The number of pyridine rings is 2. The van der Waals surface area contributed by atoms with E-state index in [1.165, 1.54) is 25.4 Å². The highest BCUT2D eigenvalue weighted by Gasteiger charge is 2.34. The molecule has 3 rings (SSSR count). The topological polar surface area (TPSA) is 114 Å². The minimum absolute atomic E-state index is 0.00597. The molecule has 0 saturated carbocycles. The maximum Gasteiger partial charge on any atom is 0.433 e. The van der Waals surface area contributed by atoms with Gasteiger partial charge in [-0.15, -0.1) is 0 Å². The van der Waals surface area contributed by atoms with Crippen LogP contribution >= 0.6 is 0 Å². The second-order valence-corrected chi connectivity index (χ2v) is 10.7. The van der Waals surface area contributed by atoms with Crippen molar-refractivity contribution in [3.63, 3.8) is 0 Å². The molecule has 0 aliphatic carbocycles. The Hall–Kier alpha value is -3.09. The number of nitrogens with zero attached hydrogens (tertiary/aromatic N) is 3. The minimum Gasteiger partial charge on any atom is -0.493 e. The quantitative estimate of drug-likeness (QED) is 0.538. The lowest BCUT2D eigenvalue weighted by Gasteiger charge is -2.33. The van der Waals surface area contributed by atoms with Crippen molar-refractivity contribution < 1.29 is 31.1 Å². The van der Waals surface area contributed by atoms with Gasteiger partial charge in [0, 0.05) is 31.4 Å². The third kappa shape index (κ3) is 6.99. The highest BCUT2D eigenvalue weighted by Crippen LogP contribution is 2.32. The first-order chi connectivity index (χ1) is 16.8. The Bertz CT molecular complexity index is 1200. The highest BCUT2D eigenvalue weighted by atomic mass is 32.2.